The molecule has 38 heavy (non-hydrogen) atoms. The van der Waals surface area contributed by atoms with Gasteiger partial charge in [0.15, 0.2) is 5.78 Å². The van der Waals surface area contributed by atoms with Crippen molar-refractivity contribution in [3.05, 3.63) is 46.3 Å². The molecule has 1 amide bonds. The topological polar surface area (TPSA) is 96.7 Å². The minimum absolute atomic E-state index is 0.0437. The Morgan fingerprint density at radius 3 is 2.71 bits per heavy atom. The summed E-state index contributed by atoms with van der Waals surface area (Å²) in [5, 5.41) is 9.90. The lowest BCUT2D eigenvalue weighted by atomic mass is 9.89. The van der Waals surface area contributed by atoms with Crippen LogP contribution >= 0.6 is 11.3 Å². The molecular weight excluding hydrogens is 500 g/mol. The van der Waals surface area contributed by atoms with Crippen LogP contribution in [0.25, 0.3) is 10.4 Å². The summed E-state index contributed by atoms with van der Waals surface area (Å²) in [7, 11) is 0. The van der Waals surface area contributed by atoms with Gasteiger partial charge in [0.05, 0.1) is 23.6 Å². The quantitative estimate of drug-likeness (QED) is 0.407. The van der Waals surface area contributed by atoms with Crippen LogP contribution in [-0.4, -0.2) is 40.4 Å². The van der Waals surface area contributed by atoms with Crippen LogP contribution in [-0.2, 0) is 26.3 Å². The van der Waals surface area contributed by atoms with Gasteiger partial charge in [-0.15, -0.1) is 11.3 Å². The highest BCUT2D eigenvalue weighted by Crippen LogP contribution is 2.44. The first-order valence-corrected chi connectivity index (χ1v) is 14.1. The van der Waals surface area contributed by atoms with E-state index in [9.17, 15) is 19.6 Å². The number of ketones is 1. The molecule has 0 N–H and O–H groups in total. The number of esters is 1. The van der Waals surface area contributed by atoms with E-state index in [2.05, 4.69) is 6.07 Å². The number of nitriles is 1. The van der Waals surface area contributed by atoms with Crippen LogP contribution < -0.4 is 0 Å². The molecule has 2 aliphatic heterocycles. The molecule has 1 aromatic heterocycles. The van der Waals surface area contributed by atoms with Gasteiger partial charge < -0.3 is 9.47 Å². The van der Waals surface area contributed by atoms with Gasteiger partial charge in [0, 0.05) is 27.8 Å². The predicted octanol–water partition coefficient (Wildman–Crippen LogP) is 6.25. The van der Waals surface area contributed by atoms with Crippen molar-refractivity contribution in [3.8, 4) is 16.5 Å². The number of carbonyl (C=O) groups is 3. The maximum atomic E-state index is 13.5. The largest absolute Gasteiger partial charge is 0.451 e. The summed E-state index contributed by atoms with van der Waals surface area (Å²) < 4.78 is 11.1. The fourth-order valence-corrected chi connectivity index (χ4v) is 7.19. The van der Waals surface area contributed by atoms with Crippen LogP contribution in [0, 0.1) is 23.2 Å². The monoisotopic (exact) mass is 534 g/mol. The van der Waals surface area contributed by atoms with Crippen molar-refractivity contribution in [3.63, 3.8) is 0 Å². The summed E-state index contributed by atoms with van der Waals surface area (Å²) in [6.07, 6.45) is 2.81. The zero-order chi connectivity index (χ0) is 27.4. The number of carbonyl (C=O) groups excluding carboxylic acids is 3. The van der Waals surface area contributed by atoms with Crippen molar-refractivity contribution in [1.29, 1.82) is 5.26 Å². The Balaban J connectivity index is 1.28. The van der Waals surface area contributed by atoms with E-state index >= 15 is 0 Å². The van der Waals surface area contributed by atoms with Crippen LogP contribution in [0.15, 0.2) is 30.3 Å². The summed E-state index contributed by atoms with van der Waals surface area (Å²) in [4.78, 5) is 42.2. The van der Waals surface area contributed by atoms with E-state index in [1.807, 2.05) is 65.0 Å². The fraction of sp³-hybridized carbons (Fsp3) is 0.533. The van der Waals surface area contributed by atoms with Gasteiger partial charge in [-0.2, -0.15) is 5.26 Å². The average molecular weight is 535 g/mol. The summed E-state index contributed by atoms with van der Waals surface area (Å²) in [6, 6.07) is 11.6. The van der Waals surface area contributed by atoms with Gasteiger partial charge >= 0.3 is 12.1 Å². The van der Waals surface area contributed by atoms with Gasteiger partial charge in [0.2, 0.25) is 0 Å². The van der Waals surface area contributed by atoms with Crippen molar-refractivity contribution in [2.24, 2.45) is 11.8 Å². The van der Waals surface area contributed by atoms with E-state index in [0.29, 0.717) is 12.0 Å². The molecule has 2 aromatic rings. The third-order valence-corrected chi connectivity index (χ3v) is 8.94. The van der Waals surface area contributed by atoms with Gasteiger partial charge in [-0.25, -0.2) is 9.59 Å². The van der Waals surface area contributed by atoms with Crippen molar-refractivity contribution in [1.82, 2.24) is 4.90 Å². The molecule has 2 fully saturated rings. The minimum atomic E-state index is -0.665. The molecule has 3 aliphatic rings. The Labute approximate surface area is 227 Å². The predicted molar refractivity (Wildman–Crippen MR) is 144 cm³/mol. The van der Waals surface area contributed by atoms with Crippen molar-refractivity contribution in [2.75, 3.05) is 0 Å². The first kappa shape index (κ1) is 26.4. The number of ether oxygens (including phenoxy) is 2. The molecule has 4 atom stereocenters. The number of rotatable bonds is 6. The molecular formula is C30H34N2O5S. The van der Waals surface area contributed by atoms with Gasteiger partial charge in [-0.05, 0) is 96.0 Å². The van der Waals surface area contributed by atoms with E-state index < -0.39 is 29.3 Å². The minimum Gasteiger partial charge on any atom is -0.451 e. The van der Waals surface area contributed by atoms with Gasteiger partial charge in [0.25, 0.3) is 0 Å². The Morgan fingerprint density at radius 1 is 1.24 bits per heavy atom. The normalized spacial score (nSPS) is 24.1. The number of fused-ring (bicyclic) bond motifs is 3. The Bertz CT molecular complexity index is 1330. The number of nitrogens with zero attached hydrogens (tertiary/aromatic N) is 2. The molecule has 1 saturated carbocycles. The number of Topliss-reactive ketones (excluding diaryl/α,β-unsaturated/α-hetero) is 1. The number of thiophene rings is 1. The summed E-state index contributed by atoms with van der Waals surface area (Å²) in [6.45, 7) is 9.25. The maximum absolute atomic E-state index is 13.5. The number of cyclic esters (lactones) is 1. The molecule has 7 nitrogen and oxygen atoms in total. The molecule has 1 aliphatic carbocycles. The van der Waals surface area contributed by atoms with E-state index in [4.69, 9.17) is 9.47 Å². The van der Waals surface area contributed by atoms with E-state index in [1.54, 1.807) is 16.2 Å². The van der Waals surface area contributed by atoms with Crippen LogP contribution in [0.4, 0.5) is 4.79 Å². The van der Waals surface area contributed by atoms with Gasteiger partial charge in [-0.1, -0.05) is 6.07 Å². The van der Waals surface area contributed by atoms with E-state index in [1.165, 1.54) is 0 Å². The summed E-state index contributed by atoms with van der Waals surface area (Å²) in [5.41, 5.74) is 1.17. The zero-order valence-electron chi connectivity index (χ0n) is 22.6. The van der Waals surface area contributed by atoms with Crippen molar-refractivity contribution < 1.29 is 23.9 Å². The molecule has 0 spiro atoms. The van der Waals surface area contributed by atoms with Crippen LogP contribution in [0.2, 0.25) is 0 Å². The smallest absolute Gasteiger partial charge is 0.411 e. The highest BCUT2D eigenvalue weighted by Gasteiger charge is 2.52. The number of amides is 1. The van der Waals surface area contributed by atoms with E-state index in [0.717, 1.165) is 40.1 Å². The SMILES string of the molecule is CC(C)(C)OC(=O)N1[C@@H]2CC[C@@H](C2)[C@H]1C(=O)C[C@H](C#N)Cc1ccc(-c2ccc3c(c2)C(C)(C)OC3=O)s1. The van der Waals surface area contributed by atoms with Crippen molar-refractivity contribution in [2.45, 2.75) is 90.0 Å². The lowest BCUT2D eigenvalue weighted by molar-refractivity contribution is -0.126. The Hall–Kier alpha value is -3.18. The first-order valence-electron chi connectivity index (χ1n) is 13.3. The number of piperidine rings is 1. The van der Waals surface area contributed by atoms with Crippen LogP contribution in [0.3, 0.4) is 0 Å². The molecule has 3 heterocycles. The second kappa shape index (κ2) is 9.53. The Kier molecular flexibility index (Phi) is 6.63. The fourth-order valence-electron chi connectivity index (χ4n) is 6.11. The van der Waals surface area contributed by atoms with Crippen LogP contribution in [0.1, 0.15) is 81.1 Å². The number of likely N-dealkylation sites (tertiary alicyclic amines) is 1. The molecule has 0 unspecified atom stereocenters. The average Bonchev–Trinajstić information content (AvgIpc) is 3.61. The molecule has 0 radical (unpaired) electrons. The molecule has 5 rings (SSSR count). The standard InChI is InChI=1S/C30H34N2O5S/c1-29(2,3)37-28(35)32-20-8-6-19(14-20)26(32)24(33)13-17(16-31)12-21-9-11-25(38-21)18-7-10-22-23(15-18)30(4,5)36-27(22)34/h7,9-11,15,17,19-20,26H,6,8,12-14H2,1-5H3/t17-,19+,20-,26+/m1/s1. The summed E-state index contributed by atoms with van der Waals surface area (Å²) in [5.74, 6) is -0.672. The maximum Gasteiger partial charge on any atom is 0.411 e. The third kappa shape index (κ3) is 4.96. The first-order chi connectivity index (χ1) is 17.9. The molecule has 2 bridgehead atoms. The lowest BCUT2D eigenvalue weighted by Gasteiger charge is -2.35. The molecule has 200 valence electrons. The van der Waals surface area contributed by atoms with E-state index in [-0.39, 0.29) is 30.1 Å². The van der Waals surface area contributed by atoms with Gasteiger partial charge in [0.1, 0.15) is 11.2 Å². The molecule has 1 saturated heterocycles. The molecule has 1 aromatic carbocycles. The highest BCUT2D eigenvalue weighted by atomic mass is 32.1. The van der Waals surface area contributed by atoms with Crippen molar-refractivity contribution >= 4 is 29.2 Å². The highest BCUT2D eigenvalue weighted by molar-refractivity contribution is 7.15. The Morgan fingerprint density at radius 2 is 2.00 bits per heavy atom. The zero-order valence-corrected chi connectivity index (χ0v) is 23.4. The van der Waals surface area contributed by atoms with Gasteiger partial charge in [-0.3, -0.25) is 9.69 Å². The third-order valence-electron chi connectivity index (χ3n) is 7.78. The summed E-state index contributed by atoms with van der Waals surface area (Å²) >= 11 is 1.59. The number of benzene rings is 1. The second-order valence-corrected chi connectivity index (χ2v) is 13.4. The lowest BCUT2D eigenvalue weighted by Crippen LogP contribution is -2.51. The van der Waals surface area contributed by atoms with Crippen LogP contribution in [0.5, 0.6) is 0 Å². The molecule has 8 heteroatoms. The number of hydrogen-bond donors (Lipinski definition) is 0. The number of hydrogen-bond acceptors (Lipinski definition) is 7. The second-order valence-electron chi connectivity index (χ2n) is 12.2.